The Hall–Kier alpha value is -0.550. The van der Waals surface area contributed by atoms with Gasteiger partial charge in [0.05, 0.1) is 5.54 Å². The molecule has 2 aliphatic carbocycles. The predicted molar refractivity (Wildman–Crippen MR) is 68.1 cm³/mol. The van der Waals surface area contributed by atoms with Crippen LogP contribution in [0.1, 0.15) is 42.8 Å². The molecule has 0 radical (unpaired) electrons. The van der Waals surface area contributed by atoms with Crippen LogP contribution in [0.4, 0.5) is 8.78 Å². The van der Waals surface area contributed by atoms with E-state index in [9.17, 15) is 8.78 Å². The number of nitrogens with one attached hydrogen (secondary N) is 1. The normalized spacial score (nSPS) is 25.5. The molecule has 0 atom stereocenters. The molecule has 1 heterocycles. The molecule has 5 heteroatoms. The van der Waals surface area contributed by atoms with E-state index in [1.54, 1.807) is 11.3 Å². The Morgan fingerprint density at radius 1 is 1.44 bits per heavy atom. The highest BCUT2D eigenvalue weighted by Gasteiger charge is 2.47. The van der Waals surface area contributed by atoms with Crippen molar-refractivity contribution in [2.45, 2.75) is 50.5 Å². The summed E-state index contributed by atoms with van der Waals surface area (Å²) in [6.07, 6.45) is 3.47. The smallest absolute Gasteiger partial charge is 0.248 e. The van der Waals surface area contributed by atoms with Crippen molar-refractivity contribution < 1.29 is 8.78 Å². The minimum absolute atomic E-state index is 0.0101. The SMILES string of the molecule is Cc1csc(C2(NCC3CC(F)(F)C3)CCC2)n1. The molecule has 2 saturated carbocycles. The highest BCUT2D eigenvalue weighted by Crippen LogP contribution is 2.45. The van der Waals surface area contributed by atoms with Gasteiger partial charge < -0.3 is 5.32 Å². The lowest BCUT2D eigenvalue weighted by Gasteiger charge is -2.44. The molecule has 0 saturated heterocycles. The molecule has 0 bridgehead atoms. The molecule has 2 nitrogen and oxygen atoms in total. The minimum Gasteiger partial charge on any atom is -0.305 e. The van der Waals surface area contributed by atoms with E-state index in [0.29, 0.717) is 6.54 Å². The van der Waals surface area contributed by atoms with Gasteiger partial charge in [0.25, 0.3) is 0 Å². The quantitative estimate of drug-likeness (QED) is 0.908. The topological polar surface area (TPSA) is 24.9 Å². The van der Waals surface area contributed by atoms with Gasteiger partial charge in [-0.25, -0.2) is 13.8 Å². The lowest BCUT2D eigenvalue weighted by Crippen LogP contribution is -2.52. The molecular formula is C13H18F2N2S. The summed E-state index contributed by atoms with van der Waals surface area (Å²) in [5.74, 6) is -2.27. The van der Waals surface area contributed by atoms with Gasteiger partial charge in [-0.15, -0.1) is 11.3 Å². The van der Waals surface area contributed by atoms with E-state index in [4.69, 9.17) is 0 Å². The number of alkyl halides is 2. The van der Waals surface area contributed by atoms with E-state index in [1.807, 2.05) is 6.92 Å². The molecule has 18 heavy (non-hydrogen) atoms. The van der Waals surface area contributed by atoms with Crippen LogP contribution in [0.25, 0.3) is 0 Å². The molecule has 2 aliphatic rings. The molecule has 2 fully saturated rings. The van der Waals surface area contributed by atoms with Gasteiger partial charge >= 0.3 is 0 Å². The molecule has 3 rings (SSSR count). The van der Waals surface area contributed by atoms with Gasteiger partial charge in [0.15, 0.2) is 0 Å². The third kappa shape index (κ3) is 2.18. The highest BCUT2D eigenvalue weighted by atomic mass is 32.1. The van der Waals surface area contributed by atoms with Crippen molar-refractivity contribution in [1.29, 1.82) is 0 Å². The number of halogens is 2. The zero-order valence-electron chi connectivity index (χ0n) is 10.5. The fraction of sp³-hybridized carbons (Fsp3) is 0.769. The van der Waals surface area contributed by atoms with E-state index in [1.165, 1.54) is 6.42 Å². The van der Waals surface area contributed by atoms with Gasteiger partial charge in [-0.3, -0.25) is 0 Å². The Balaban J connectivity index is 1.60. The predicted octanol–water partition coefficient (Wildman–Crippen LogP) is 3.47. The summed E-state index contributed by atoms with van der Waals surface area (Å²) < 4.78 is 25.6. The Morgan fingerprint density at radius 2 is 2.17 bits per heavy atom. The number of aromatic nitrogens is 1. The van der Waals surface area contributed by atoms with Crippen LogP contribution in [0.15, 0.2) is 5.38 Å². The molecule has 1 N–H and O–H groups in total. The standard InChI is InChI=1S/C13H18F2N2S/c1-9-8-18-11(17-9)12(3-2-4-12)16-7-10-5-13(14,15)6-10/h8,10,16H,2-7H2,1H3. The zero-order chi connectivity index (χ0) is 12.8. The average Bonchev–Trinajstić information content (AvgIpc) is 2.60. The lowest BCUT2D eigenvalue weighted by atomic mass is 9.75. The number of hydrogen-bond donors (Lipinski definition) is 1. The molecular weight excluding hydrogens is 254 g/mol. The molecule has 0 aliphatic heterocycles. The molecule has 1 aromatic rings. The highest BCUT2D eigenvalue weighted by molar-refractivity contribution is 7.09. The van der Waals surface area contributed by atoms with Gasteiger partial charge in [0.2, 0.25) is 5.92 Å². The first kappa shape index (κ1) is 12.5. The van der Waals surface area contributed by atoms with Gasteiger partial charge in [-0.05, 0) is 38.6 Å². The van der Waals surface area contributed by atoms with Gasteiger partial charge in [0.1, 0.15) is 5.01 Å². The Bertz CT molecular complexity index is 432. The van der Waals surface area contributed by atoms with E-state index in [2.05, 4.69) is 15.7 Å². The average molecular weight is 272 g/mol. The van der Waals surface area contributed by atoms with Crippen LogP contribution in [0, 0.1) is 12.8 Å². The van der Waals surface area contributed by atoms with Gasteiger partial charge in [-0.1, -0.05) is 0 Å². The Kier molecular flexibility index (Phi) is 2.94. The number of rotatable bonds is 4. The van der Waals surface area contributed by atoms with Crippen molar-refractivity contribution >= 4 is 11.3 Å². The lowest BCUT2D eigenvalue weighted by molar-refractivity contribution is -0.111. The van der Waals surface area contributed by atoms with Crippen LogP contribution in [0.5, 0.6) is 0 Å². The van der Waals surface area contributed by atoms with E-state index in [-0.39, 0.29) is 24.3 Å². The second-order valence-corrected chi connectivity index (χ2v) is 6.60. The zero-order valence-corrected chi connectivity index (χ0v) is 11.3. The van der Waals surface area contributed by atoms with E-state index >= 15 is 0 Å². The maximum Gasteiger partial charge on any atom is 0.248 e. The van der Waals surface area contributed by atoms with Crippen molar-refractivity contribution in [3.63, 3.8) is 0 Å². The molecule has 0 spiro atoms. The first-order valence-electron chi connectivity index (χ1n) is 6.55. The summed E-state index contributed by atoms with van der Waals surface area (Å²) in [5.41, 5.74) is 1.04. The molecule has 0 unspecified atom stereocenters. The van der Waals surface area contributed by atoms with Gasteiger partial charge in [0, 0.05) is 23.9 Å². The van der Waals surface area contributed by atoms with Crippen molar-refractivity contribution in [3.8, 4) is 0 Å². The third-order valence-electron chi connectivity index (χ3n) is 4.14. The summed E-state index contributed by atoms with van der Waals surface area (Å²) in [4.78, 5) is 4.56. The Labute approximate surface area is 110 Å². The van der Waals surface area contributed by atoms with Crippen LogP contribution in [0.2, 0.25) is 0 Å². The van der Waals surface area contributed by atoms with Crippen molar-refractivity contribution in [2.75, 3.05) is 6.54 Å². The van der Waals surface area contributed by atoms with Crippen LogP contribution in [-0.2, 0) is 5.54 Å². The van der Waals surface area contributed by atoms with E-state index in [0.717, 1.165) is 23.5 Å². The largest absolute Gasteiger partial charge is 0.305 e. The fourth-order valence-corrected chi connectivity index (χ4v) is 3.87. The monoisotopic (exact) mass is 272 g/mol. The van der Waals surface area contributed by atoms with Crippen molar-refractivity contribution in [1.82, 2.24) is 10.3 Å². The van der Waals surface area contributed by atoms with Crippen molar-refractivity contribution in [3.05, 3.63) is 16.1 Å². The van der Waals surface area contributed by atoms with Crippen LogP contribution >= 0.6 is 11.3 Å². The third-order valence-corrected chi connectivity index (χ3v) is 5.30. The second-order valence-electron chi connectivity index (χ2n) is 5.74. The number of thiazole rings is 1. The summed E-state index contributed by atoms with van der Waals surface area (Å²) in [7, 11) is 0. The number of hydrogen-bond acceptors (Lipinski definition) is 3. The molecule has 100 valence electrons. The first-order chi connectivity index (χ1) is 8.49. The summed E-state index contributed by atoms with van der Waals surface area (Å²) in [6.45, 7) is 2.70. The fourth-order valence-electron chi connectivity index (χ4n) is 2.84. The molecule has 0 aromatic carbocycles. The van der Waals surface area contributed by atoms with Crippen molar-refractivity contribution in [2.24, 2.45) is 5.92 Å². The number of aryl methyl sites for hydroxylation is 1. The summed E-state index contributed by atoms with van der Waals surface area (Å²) >= 11 is 1.69. The Morgan fingerprint density at radius 3 is 2.61 bits per heavy atom. The minimum atomic E-state index is -2.41. The second kappa shape index (κ2) is 4.23. The molecule has 0 amide bonds. The van der Waals surface area contributed by atoms with Crippen LogP contribution < -0.4 is 5.32 Å². The molecule has 1 aromatic heterocycles. The van der Waals surface area contributed by atoms with Crippen LogP contribution in [0.3, 0.4) is 0 Å². The van der Waals surface area contributed by atoms with Crippen LogP contribution in [-0.4, -0.2) is 17.5 Å². The number of nitrogens with zero attached hydrogens (tertiary/aromatic N) is 1. The maximum absolute atomic E-state index is 12.8. The maximum atomic E-state index is 12.8. The van der Waals surface area contributed by atoms with Gasteiger partial charge in [-0.2, -0.15) is 0 Å². The van der Waals surface area contributed by atoms with E-state index < -0.39 is 5.92 Å². The summed E-state index contributed by atoms with van der Waals surface area (Å²) in [6, 6.07) is 0. The summed E-state index contributed by atoms with van der Waals surface area (Å²) in [5, 5.41) is 6.72. The first-order valence-corrected chi connectivity index (χ1v) is 7.43.